The molecule has 0 aromatic heterocycles. The topological polar surface area (TPSA) is 78.4 Å². The number of amides is 2. The van der Waals surface area contributed by atoms with Gasteiger partial charge in [0.1, 0.15) is 0 Å². The largest absolute Gasteiger partial charge is 0.390 e. The van der Waals surface area contributed by atoms with E-state index < -0.39 is 5.60 Å². The SMILES string of the molecule is C[C@@H](CC(C)(C)O)NC(=O)CNC(=O)c1ccc(C(C)(C)C)cc1. The number of hydrogen-bond acceptors (Lipinski definition) is 3. The Bertz CT molecular complexity index is 566. The van der Waals surface area contributed by atoms with Crippen LogP contribution in [0.5, 0.6) is 0 Å². The summed E-state index contributed by atoms with van der Waals surface area (Å²) in [7, 11) is 0. The molecular weight excluding hydrogens is 304 g/mol. The number of carbonyl (C=O) groups is 2. The molecule has 0 unspecified atom stereocenters. The monoisotopic (exact) mass is 334 g/mol. The second-order valence-electron chi connectivity index (χ2n) is 8.00. The van der Waals surface area contributed by atoms with E-state index in [1.807, 2.05) is 19.1 Å². The first-order chi connectivity index (χ1) is 10.9. The molecule has 0 aliphatic heterocycles. The van der Waals surface area contributed by atoms with E-state index in [0.717, 1.165) is 5.56 Å². The molecule has 5 nitrogen and oxygen atoms in total. The molecule has 1 aromatic rings. The minimum absolute atomic E-state index is 0.0332. The highest BCUT2D eigenvalue weighted by Gasteiger charge is 2.19. The van der Waals surface area contributed by atoms with Crippen LogP contribution in [0.4, 0.5) is 0 Å². The van der Waals surface area contributed by atoms with Gasteiger partial charge in [0.05, 0.1) is 12.1 Å². The van der Waals surface area contributed by atoms with E-state index >= 15 is 0 Å². The maximum Gasteiger partial charge on any atom is 0.251 e. The molecule has 0 bridgehead atoms. The van der Waals surface area contributed by atoms with Crippen molar-refractivity contribution in [3.05, 3.63) is 35.4 Å². The summed E-state index contributed by atoms with van der Waals surface area (Å²) in [6.07, 6.45) is 0.445. The number of benzene rings is 1. The van der Waals surface area contributed by atoms with Crippen molar-refractivity contribution < 1.29 is 14.7 Å². The van der Waals surface area contributed by atoms with E-state index in [2.05, 4.69) is 31.4 Å². The predicted molar refractivity (Wildman–Crippen MR) is 96.0 cm³/mol. The zero-order valence-electron chi connectivity index (χ0n) is 15.6. The van der Waals surface area contributed by atoms with E-state index in [4.69, 9.17) is 0 Å². The number of rotatable bonds is 6. The van der Waals surface area contributed by atoms with Gasteiger partial charge in [-0.3, -0.25) is 9.59 Å². The molecule has 134 valence electrons. The average Bonchev–Trinajstić information content (AvgIpc) is 2.41. The van der Waals surface area contributed by atoms with Crippen LogP contribution in [0.3, 0.4) is 0 Å². The Morgan fingerprint density at radius 2 is 1.62 bits per heavy atom. The minimum atomic E-state index is -0.843. The van der Waals surface area contributed by atoms with E-state index in [-0.39, 0.29) is 29.8 Å². The molecule has 2 amide bonds. The maximum atomic E-state index is 12.1. The third-order valence-electron chi connectivity index (χ3n) is 3.64. The van der Waals surface area contributed by atoms with Gasteiger partial charge in [0.2, 0.25) is 5.91 Å². The van der Waals surface area contributed by atoms with E-state index in [9.17, 15) is 14.7 Å². The molecule has 0 spiro atoms. The van der Waals surface area contributed by atoms with E-state index in [1.165, 1.54) is 0 Å². The Labute approximate surface area is 144 Å². The Morgan fingerprint density at radius 3 is 2.08 bits per heavy atom. The smallest absolute Gasteiger partial charge is 0.251 e. The highest BCUT2D eigenvalue weighted by Crippen LogP contribution is 2.22. The van der Waals surface area contributed by atoms with Crippen LogP contribution in [0.2, 0.25) is 0 Å². The summed E-state index contributed by atoms with van der Waals surface area (Å²) in [5.74, 6) is -0.549. The van der Waals surface area contributed by atoms with Crippen LogP contribution in [0.15, 0.2) is 24.3 Å². The van der Waals surface area contributed by atoms with Crippen molar-refractivity contribution in [2.45, 2.75) is 65.0 Å². The summed E-state index contributed by atoms with van der Waals surface area (Å²) >= 11 is 0. The van der Waals surface area contributed by atoms with Crippen molar-refractivity contribution in [1.29, 1.82) is 0 Å². The molecule has 24 heavy (non-hydrogen) atoms. The Kier molecular flexibility index (Phi) is 6.55. The van der Waals surface area contributed by atoms with Gasteiger partial charge in [-0.05, 0) is 50.3 Å². The van der Waals surface area contributed by atoms with Gasteiger partial charge in [-0.25, -0.2) is 0 Å². The fourth-order valence-electron chi connectivity index (χ4n) is 2.51. The first-order valence-electron chi connectivity index (χ1n) is 8.29. The lowest BCUT2D eigenvalue weighted by atomic mass is 9.87. The standard InChI is InChI=1S/C19H30N2O3/c1-13(11-19(5,6)24)21-16(22)12-20-17(23)14-7-9-15(10-8-14)18(2,3)4/h7-10,13,24H,11-12H2,1-6H3,(H,20,23)(H,21,22)/t13-/m0/s1. The number of hydrogen-bond donors (Lipinski definition) is 3. The molecule has 0 heterocycles. The van der Waals surface area contributed by atoms with Crippen molar-refractivity contribution in [2.24, 2.45) is 0 Å². The van der Waals surface area contributed by atoms with Gasteiger partial charge in [-0.2, -0.15) is 0 Å². The average molecular weight is 334 g/mol. The Hall–Kier alpha value is -1.88. The summed E-state index contributed by atoms with van der Waals surface area (Å²) in [6, 6.07) is 7.23. The third-order valence-corrected chi connectivity index (χ3v) is 3.64. The molecule has 1 rings (SSSR count). The van der Waals surface area contributed by atoms with Crippen LogP contribution in [0.1, 0.15) is 63.9 Å². The second-order valence-corrected chi connectivity index (χ2v) is 8.00. The first-order valence-corrected chi connectivity index (χ1v) is 8.29. The molecule has 3 N–H and O–H groups in total. The molecule has 0 aliphatic rings. The van der Waals surface area contributed by atoms with Crippen LogP contribution in [-0.4, -0.2) is 35.1 Å². The quantitative estimate of drug-likeness (QED) is 0.747. The molecule has 0 saturated heterocycles. The lowest BCUT2D eigenvalue weighted by Crippen LogP contribution is -2.43. The first kappa shape index (κ1) is 20.2. The van der Waals surface area contributed by atoms with Crippen molar-refractivity contribution in [3.8, 4) is 0 Å². The van der Waals surface area contributed by atoms with Crippen LogP contribution in [-0.2, 0) is 10.2 Å². The molecule has 0 aliphatic carbocycles. The maximum absolute atomic E-state index is 12.1. The van der Waals surface area contributed by atoms with Gasteiger partial charge in [-0.15, -0.1) is 0 Å². The number of aliphatic hydroxyl groups is 1. The predicted octanol–water partition coefficient (Wildman–Crippen LogP) is 2.38. The summed E-state index contributed by atoms with van der Waals surface area (Å²) in [6.45, 7) is 11.5. The normalized spacial score (nSPS) is 13.3. The minimum Gasteiger partial charge on any atom is -0.390 e. The van der Waals surface area contributed by atoms with Crippen molar-refractivity contribution in [2.75, 3.05) is 6.54 Å². The van der Waals surface area contributed by atoms with Gasteiger partial charge < -0.3 is 15.7 Å². The fourth-order valence-corrected chi connectivity index (χ4v) is 2.51. The van der Waals surface area contributed by atoms with Crippen molar-refractivity contribution in [1.82, 2.24) is 10.6 Å². The van der Waals surface area contributed by atoms with Crippen LogP contribution in [0, 0.1) is 0 Å². The molecule has 0 fully saturated rings. The van der Waals surface area contributed by atoms with Gasteiger partial charge in [0, 0.05) is 11.6 Å². The van der Waals surface area contributed by atoms with Gasteiger partial charge >= 0.3 is 0 Å². The summed E-state index contributed by atoms with van der Waals surface area (Å²) in [4.78, 5) is 23.9. The number of carbonyl (C=O) groups excluding carboxylic acids is 2. The van der Waals surface area contributed by atoms with Crippen LogP contribution >= 0.6 is 0 Å². The van der Waals surface area contributed by atoms with E-state index in [1.54, 1.807) is 26.0 Å². The van der Waals surface area contributed by atoms with Gasteiger partial charge in [0.15, 0.2) is 0 Å². The highest BCUT2D eigenvalue weighted by atomic mass is 16.3. The summed E-state index contributed by atoms with van der Waals surface area (Å²) in [5, 5.41) is 15.1. The zero-order valence-corrected chi connectivity index (χ0v) is 15.6. The fraction of sp³-hybridized carbons (Fsp3) is 0.579. The van der Waals surface area contributed by atoms with Crippen molar-refractivity contribution >= 4 is 11.8 Å². The van der Waals surface area contributed by atoms with Crippen molar-refractivity contribution in [3.63, 3.8) is 0 Å². The Morgan fingerprint density at radius 1 is 1.08 bits per heavy atom. The number of nitrogens with one attached hydrogen (secondary N) is 2. The molecule has 0 saturated carbocycles. The molecule has 1 aromatic carbocycles. The zero-order chi connectivity index (χ0) is 18.5. The lowest BCUT2D eigenvalue weighted by molar-refractivity contribution is -0.121. The molecule has 1 atom stereocenters. The van der Waals surface area contributed by atoms with Gasteiger partial charge in [-0.1, -0.05) is 32.9 Å². The second kappa shape index (κ2) is 7.79. The van der Waals surface area contributed by atoms with Crippen LogP contribution in [0.25, 0.3) is 0 Å². The third kappa shape index (κ3) is 7.13. The highest BCUT2D eigenvalue weighted by molar-refractivity contribution is 5.96. The molecule has 5 heteroatoms. The van der Waals surface area contributed by atoms with Gasteiger partial charge in [0.25, 0.3) is 5.91 Å². The lowest BCUT2D eigenvalue weighted by Gasteiger charge is -2.23. The molecule has 0 radical (unpaired) electrons. The Balaban J connectivity index is 2.50. The van der Waals surface area contributed by atoms with Crippen LogP contribution < -0.4 is 10.6 Å². The van der Waals surface area contributed by atoms with E-state index in [0.29, 0.717) is 12.0 Å². The summed E-state index contributed by atoms with van der Waals surface area (Å²) < 4.78 is 0. The summed E-state index contributed by atoms with van der Waals surface area (Å²) in [5.41, 5.74) is 0.869. The molecular formula is C19H30N2O3.